The SMILES string of the molecule is COc1ccc(C(c2ccc(OC)cc2)n2nc3ccccc3n2)cc1. The maximum atomic E-state index is 5.28. The molecule has 1 heterocycles. The van der Waals surface area contributed by atoms with Crippen LogP contribution in [0.25, 0.3) is 11.0 Å². The Kier molecular flexibility index (Phi) is 4.27. The molecule has 0 aliphatic rings. The molecule has 4 rings (SSSR count). The van der Waals surface area contributed by atoms with Crippen LogP contribution in [0.4, 0.5) is 0 Å². The number of hydrogen-bond acceptors (Lipinski definition) is 4. The highest BCUT2D eigenvalue weighted by Crippen LogP contribution is 2.29. The van der Waals surface area contributed by atoms with Crippen molar-refractivity contribution in [2.24, 2.45) is 0 Å². The van der Waals surface area contributed by atoms with Crippen LogP contribution in [0.15, 0.2) is 72.8 Å². The molecule has 0 saturated heterocycles. The van der Waals surface area contributed by atoms with Gasteiger partial charge in [0, 0.05) is 0 Å². The molecule has 1 aromatic heterocycles. The molecule has 5 nitrogen and oxygen atoms in total. The van der Waals surface area contributed by atoms with Crippen LogP contribution in [0.1, 0.15) is 17.2 Å². The summed E-state index contributed by atoms with van der Waals surface area (Å²) in [5.74, 6) is 1.64. The van der Waals surface area contributed by atoms with Crippen LogP contribution >= 0.6 is 0 Å². The van der Waals surface area contributed by atoms with E-state index in [1.54, 1.807) is 19.0 Å². The largest absolute Gasteiger partial charge is 0.497 e. The molecule has 0 fully saturated rings. The molecule has 0 bridgehead atoms. The molecular formula is C21H19N3O2. The van der Waals surface area contributed by atoms with Crippen LogP contribution in [-0.4, -0.2) is 29.2 Å². The molecule has 0 unspecified atom stereocenters. The van der Waals surface area contributed by atoms with Gasteiger partial charge in [0.25, 0.3) is 0 Å². The smallest absolute Gasteiger partial charge is 0.122 e. The number of methoxy groups -OCH3 is 2. The topological polar surface area (TPSA) is 49.2 Å². The van der Waals surface area contributed by atoms with E-state index >= 15 is 0 Å². The van der Waals surface area contributed by atoms with Crippen molar-refractivity contribution in [1.82, 2.24) is 15.0 Å². The van der Waals surface area contributed by atoms with Gasteiger partial charge in [-0.25, -0.2) is 0 Å². The van der Waals surface area contributed by atoms with Gasteiger partial charge in [-0.3, -0.25) is 0 Å². The number of benzene rings is 3. The second kappa shape index (κ2) is 6.88. The van der Waals surface area contributed by atoms with Gasteiger partial charge in [-0.2, -0.15) is 15.0 Å². The second-order valence-electron chi connectivity index (χ2n) is 5.96. The van der Waals surface area contributed by atoms with Gasteiger partial charge in [0.05, 0.1) is 14.2 Å². The van der Waals surface area contributed by atoms with Crippen LogP contribution in [0.3, 0.4) is 0 Å². The van der Waals surface area contributed by atoms with Gasteiger partial charge in [-0.05, 0) is 47.5 Å². The van der Waals surface area contributed by atoms with Crippen LogP contribution in [0, 0.1) is 0 Å². The average molecular weight is 345 g/mol. The number of hydrogen-bond donors (Lipinski definition) is 0. The minimum atomic E-state index is -0.140. The first-order chi connectivity index (χ1) is 12.8. The molecule has 5 heteroatoms. The van der Waals surface area contributed by atoms with Crippen molar-refractivity contribution in [2.75, 3.05) is 14.2 Å². The summed E-state index contributed by atoms with van der Waals surface area (Å²) < 4.78 is 10.6. The summed E-state index contributed by atoms with van der Waals surface area (Å²) in [7, 11) is 3.33. The highest BCUT2D eigenvalue weighted by atomic mass is 16.5. The number of rotatable bonds is 5. The highest BCUT2D eigenvalue weighted by Gasteiger charge is 2.19. The van der Waals surface area contributed by atoms with Gasteiger partial charge in [-0.1, -0.05) is 36.4 Å². The van der Waals surface area contributed by atoms with Crippen molar-refractivity contribution in [2.45, 2.75) is 6.04 Å². The maximum absolute atomic E-state index is 5.28. The van der Waals surface area contributed by atoms with Gasteiger partial charge in [0.15, 0.2) is 0 Å². The van der Waals surface area contributed by atoms with Gasteiger partial charge < -0.3 is 9.47 Å². The Bertz CT molecular complexity index is 927. The van der Waals surface area contributed by atoms with E-state index in [4.69, 9.17) is 19.7 Å². The first-order valence-corrected chi connectivity index (χ1v) is 8.38. The fraction of sp³-hybridized carbons (Fsp3) is 0.143. The van der Waals surface area contributed by atoms with E-state index in [1.807, 2.05) is 72.8 Å². The third-order valence-electron chi connectivity index (χ3n) is 4.40. The molecule has 0 spiro atoms. The Hall–Kier alpha value is -3.34. The molecule has 4 aromatic rings. The normalized spacial score (nSPS) is 11.0. The third-order valence-corrected chi connectivity index (χ3v) is 4.40. The van der Waals surface area contributed by atoms with E-state index in [1.165, 1.54) is 0 Å². The Morgan fingerprint density at radius 2 is 1.08 bits per heavy atom. The minimum Gasteiger partial charge on any atom is -0.497 e. The zero-order valence-electron chi connectivity index (χ0n) is 14.7. The summed E-state index contributed by atoms with van der Waals surface area (Å²) in [6.45, 7) is 0. The predicted molar refractivity (Wildman–Crippen MR) is 101 cm³/mol. The lowest BCUT2D eigenvalue weighted by Crippen LogP contribution is -2.15. The van der Waals surface area contributed by atoms with Gasteiger partial charge in [0.1, 0.15) is 28.6 Å². The van der Waals surface area contributed by atoms with Crippen LogP contribution < -0.4 is 9.47 Å². The Morgan fingerprint density at radius 3 is 1.46 bits per heavy atom. The van der Waals surface area contributed by atoms with Crippen molar-refractivity contribution in [1.29, 1.82) is 0 Å². The number of nitrogens with zero attached hydrogens (tertiary/aromatic N) is 3. The van der Waals surface area contributed by atoms with Gasteiger partial charge in [-0.15, -0.1) is 0 Å². The predicted octanol–water partition coefficient (Wildman–Crippen LogP) is 4.09. The number of aromatic nitrogens is 3. The van der Waals surface area contributed by atoms with Gasteiger partial charge >= 0.3 is 0 Å². The molecule has 0 N–H and O–H groups in total. The van der Waals surface area contributed by atoms with Crippen molar-refractivity contribution < 1.29 is 9.47 Å². The zero-order valence-corrected chi connectivity index (χ0v) is 14.7. The molecule has 0 aliphatic heterocycles. The van der Waals surface area contributed by atoms with Crippen molar-refractivity contribution >= 4 is 11.0 Å². The van der Waals surface area contributed by atoms with Crippen LogP contribution in [0.2, 0.25) is 0 Å². The van der Waals surface area contributed by atoms with Gasteiger partial charge in [0.2, 0.25) is 0 Å². The lowest BCUT2D eigenvalue weighted by Gasteiger charge is -2.18. The Balaban J connectivity index is 1.84. The van der Waals surface area contributed by atoms with Crippen molar-refractivity contribution in [3.63, 3.8) is 0 Å². The van der Waals surface area contributed by atoms with E-state index < -0.39 is 0 Å². The fourth-order valence-corrected chi connectivity index (χ4v) is 3.02. The second-order valence-corrected chi connectivity index (χ2v) is 5.96. The highest BCUT2D eigenvalue weighted by molar-refractivity contribution is 5.73. The summed E-state index contributed by atoms with van der Waals surface area (Å²) in [6.07, 6.45) is 0. The third kappa shape index (κ3) is 2.99. The van der Waals surface area contributed by atoms with Crippen LogP contribution in [-0.2, 0) is 0 Å². The Labute approximate surface area is 151 Å². The summed E-state index contributed by atoms with van der Waals surface area (Å²) in [6, 6.07) is 23.7. The van der Waals surface area contributed by atoms with E-state index in [9.17, 15) is 0 Å². The summed E-state index contributed by atoms with van der Waals surface area (Å²) >= 11 is 0. The molecule has 26 heavy (non-hydrogen) atoms. The molecule has 130 valence electrons. The van der Waals surface area contributed by atoms with E-state index in [0.717, 1.165) is 33.7 Å². The Morgan fingerprint density at radius 1 is 0.654 bits per heavy atom. The monoisotopic (exact) mass is 345 g/mol. The number of ether oxygens (including phenoxy) is 2. The van der Waals surface area contributed by atoms with E-state index in [2.05, 4.69) is 0 Å². The molecule has 0 saturated carbocycles. The summed E-state index contributed by atoms with van der Waals surface area (Å²) in [5.41, 5.74) is 3.91. The van der Waals surface area contributed by atoms with Crippen LogP contribution in [0.5, 0.6) is 11.5 Å². The lowest BCUT2D eigenvalue weighted by atomic mass is 9.99. The molecule has 3 aromatic carbocycles. The standard InChI is InChI=1S/C21H19N3O2/c1-25-17-11-7-15(8-12-17)21(16-9-13-18(26-2)14-10-16)24-22-19-5-3-4-6-20(19)23-24/h3-14,21H,1-2H3. The maximum Gasteiger partial charge on any atom is 0.122 e. The van der Waals surface area contributed by atoms with E-state index in [-0.39, 0.29) is 6.04 Å². The molecule has 0 radical (unpaired) electrons. The quantitative estimate of drug-likeness (QED) is 0.547. The van der Waals surface area contributed by atoms with E-state index in [0.29, 0.717) is 0 Å². The fourth-order valence-electron chi connectivity index (χ4n) is 3.02. The molecule has 0 atom stereocenters. The van der Waals surface area contributed by atoms with Crippen molar-refractivity contribution in [3.8, 4) is 11.5 Å². The average Bonchev–Trinajstić information content (AvgIpc) is 3.13. The summed E-state index contributed by atoms with van der Waals surface area (Å²) in [4.78, 5) is 1.77. The summed E-state index contributed by atoms with van der Waals surface area (Å²) in [5, 5.41) is 9.39. The molecule has 0 aliphatic carbocycles. The van der Waals surface area contributed by atoms with Crippen molar-refractivity contribution in [3.05, 3.63) is 83.9 Å². The lowest BCUT2D eigenvalue weighted by molar-refractivity contribution is 0.413. The first-order valence-electron chi connectivity index (χ1n) is 8.38. The minimum absolute atomic E-state index is 0.140. The zero-order chi connectivity index (χ0) is 17.9. The molecular weight excluding hydrogens is 326 g/mol. The molecule has 0 amide bonds. The first kappa shape index (κ1) is 16.1. The number of fused-ring (bicyclic) bond motifs is 1.